The Balaban J connectivity index is 2.09. The predicted octanol–water partition coefficient (Wildman–Crippen LogP) is 1.47. The number of nitrogens with zero attached hydrogens (tertiary/aromatic N) is 2. The average Bonchev–Trinajstić information content (AvgIpc) is 2.46. The molecule has 0 radical (unpaired) electrons. The maximum atomic E-state index is 12.0. The molecule has 2 aromatic rings. The van der Waals surface area contributed by atoms with Crippen LogP contribution >= 0.6 is 0 Å². The zero-order valence-corrected chi connectivity index (χ0v) is 11.0. The SMILES string of the molecule is CCC(CNC(=O)c1ccc2nccnc2c1)C(=O)O. The van der Waals surface area contributed by atoms with Gasteiger partial charge in [-0.15, -0.1) is 0 Å². The second kappa shape index (κ2) is 6.10. The summed E-state index contributed by atoms with van der Waals surface area (Å²) in [5, 5.41) is 11.6. The number of nitrogens with one attached hydrogen (secondary N) is 1. The molecule has 0 saturated carbocycles. The number of carboxylic acid groups (broad SMARTS) is 1. The van der Waals surface area contributed by atoms with E-state index in [2.05, 4.69) is 15.3 Å². The van der Waals surface area contributed by atoms with E-state index < -0.39 is 11.9 Å². The number of aliphatic carboxylic acids is 1. The fraction of sp³-hybridized carbons (Fsp3) is 0.286. The van der Waals surface area contributed by atoms with Gasteiger partial charge in [-0.2, -0.15) is 0 Å². The molecule has 1 heterocycles. The lowest BCUT2D eigenvalue weighted by molar-refractivity contribution is -0.141. The second-order valence-electron chi connectivity index (χ2n) is 4.41. The van der Waals surface area contributed by atoms with Crippen molar-refractivity contribution in [3.63, 3.8) is 0 Å². The monoisotopic (exact) mass is 273 g/mol. The summed E-state index contributed by atoms with van der Waals surface area (Å²) >= 11 is 0. The van der Waals surface area contributed by atoms with Gasteiger partial charge in [-0.25, -0.2) is 0 Å². The van der Waals surface area contributed by atoms with Crippen LogP contribution in [0.1, 0.15) is 23.7 Å². The molecule has 0 bridgehead atoms. The van der Waals surface area contributed by atoms with Crippen LogP contribution in [-0.2, 0) is 4.79 Å². The van der Waals surface area contributed by atoms with Crippen LogP contribution in [0.5, 0.6) is 0 Å². The van der Waals surface area contributed by atoms with Gasteiger partial charge < -0.3 is 10.4 Å². The van der Waals surface area contributed by atoms with Crippen molar-refractivity contribution in [2.24, 2.45) is 5.92 Å². The molecule has 1 aromatic heterocycles. The molecule has 6 nitrogen and oxygen atoms in total. The highest BCUT2D eigenvalue weighted by Crippen LogP contribution is 2.11. The van der Waals surface area contributed by atoms with Gasteiger partial charge >= 0.3 is 5.97 Å². The minimum Gasteiger partial charge on any atom is -0.481 e. The Morgan fingerprint density at radius 3 is 2.60 bits per heavy atom. The van der Waals surface area contributed by atoms with Crippen molar-refractivity contribution < 1.29 is 14.7 Å². The van der Waals surface area contributed by atoms with Crippen LogP contribution in [0.4, 0.5) is 0 Å². The molecule has 104 valence electrons. The molecule has 1 aromatic carbocycles. The zero-order valence-electron chi connectivity index (χ0n) is 11.0. The molecule has 1 unspecified atom stereocenters. The first kappa shape index (κ1) is 13.9. The number of rotatable bonds is 5. The number of carbonyl (C=O) groups excluding carboxylic acids is 1. The number of hydrogen-bond acceptors (Lipinski definition) is 4. The van der Waals surface area contributed by atoms with E-state index in [1.807, 2.05) is 0 Å². The van der Waals surface area contributed by atoms with E-state index in [0.717, 1.165) is 0 Å². The molecular formula is C14H15N3O3. The van der Waals surface area contributed by atoms with Crippen molar-refractivity contribution in [2.45, 2.75) is 13.3 Å². The molecule has 0 saturated heterocycles. The fourth-order valence-electron chi connectivity index (χ4n) is 1.83. The van der Waals surface area contributed by atoms with E-state index in [1.165, 1.54) is 0 Å². The van der Waals surface area contributed by atoms with Crippen molar-refractivity contribution in [1.82, 2.24) is 15.3 Å². The Morgan fingerprint density at radius 1 is 1.25 bits per heavy atom. The summed E-state index contributed by atoms with van der Waals surface area (Å²) in [6.45, 7) is 1.89. The molecular weight excluding hydrogens is 258 g/mol. The fourth-order valence-corrected chi connectivity index (χ4v) is 1.83. The highest BCUT2D eigenvalue weighted by molar-refractivity contribution is 5.97. The lowest BCUT2D eigenvalue weighted by atomic mass is 10.1. The first-order valence-corrected chi connectivity index (χ1v) is 6.33. The molecule has 1 atom stereocenters. The van der Waals surface area contributed by atoms with E-state index in [9.17, 15) is 9.59 Å². The van der Waals surface area contributed by atoms with Gasteiger partial charge in [0.15, 0.2) is 0 Å². The van der Waals surface area contributed by atoms with Gasteiger partial charge in [0.05, 0.1) is 17.0 Å². The minimum atomic E-state index is -0.905. The lowest BCUT2D eigenvalue weighted by Gasteiger charge is -2.11. The lowest BCUT2D eigenvalue weighted by Crippen LogP contribution is -2.32. The number of benzene rings is 1. The third kappa shape index (κ3) is 3.09. The quantitative estimate of drug-likeness (QED) is 0.860. The smallest absolute Gasteiger partial charge is 0.308 e. The summed E-state index contributed by atoms with van der Waals surface area (Å²) < 4.78 is 0. The number of carboxylic acids is 1. The summed E-state index contributed by atoms with van der Waals surface area (Å²) in [5.41, 5.74) is 1.78. The molecule has 2 N–H and O–H groups in total. The topological polar surface area (TPSA) is 92.2 Å². The minimum absolute atomic E-state index is 0.114. The summed E-state index contributed by atoms with van der Waals surface area (Å²) in [6, 6.07) is 5.00. The summed E-state index contributed by atoms with van der Waals surface area (Å²) in [7, 11) is 0. The molecule has 0 fully saturated rings. The van der Waals surface area contributed by atoms with Crippen molar-refractivity contribution in [2.75, 3.05) is 6.54 Å². The normalized spacial score (nSPS) is 12.1. The van der Waals surface area contributed by atoms with Crippen LogP contribution in [0.3, 0.4) is 0 Å². The highest BCUT2D eigenvalue weighted by Gasteiger charge is 2.16. The van der Waals surface area contributed by atoms with Crippen molar-refractivity contribution in [1.29, 1.82) is 0 Å². The Kier molecular flexibility index (Phi) is 4.24. The maximum Gasteiger partial charge on any atom is 0.308 e. The van der Waals surface area contributed by atoms with E-state index in [1.54, 1.807) is 37.5 Å². The first-order chi connectivity index (χ1) is 9.61. The van der Waals surface area contributed by atoms with E-state index >= 15 is 0 Å². The van der Waals surface area contributed by atoms with Gasteiger partial charge in [-0.3, -0.25) is 19.6 Å². The Hall–Kier alpha value is -2.50. The highest BCUT2D eigenvalue weighted by atomic mass is 16.4. The third-order valence-corrected chi connectivity index (χ3v) is 3.08. The number of hydrogen-bond donors (Lipinski definition) is 2. The Bertz CT molecular complexity index is 642. The second-order valence-corrected chi connectivity index (χ2v) is 4.41. The van der Waals surface area contributed by atoms with Crippen LogP contribution in [0.2, 0.25) is 0 Å². The summed E-state index contributed by atoms with van der Waals surface area (Å²) in [6.07, 6.45) is 3.61. The molecule has 1 amide bonds. The molecule has 0 aliphatic rings. The average molecular weight is 273 g/mol. The number of aromatic nitrogens is 2. The summed E-state index contributed by atoms with van der Waals surface area (Å²) in [5.74, 6) is -1.78. The number of amides is 1. The molecule has 2 rings (SSSR count). The largest absolute Gasteiger partial charge is 0.481 e. The maximum absolute atomic E-state index is 12.0. The Morgan fingerprint density at radius 2 is 1.95 bits per heavy atom. The van der Waals surface area contributed by atoms with Gasteiger partial charge in [0, 0.05) is 24.5 Å². The van der Waals surface area contributed by atoms with E-state index in [-0.39, 0.29) is 12.5 Å². The summed E-state index contributed by atoms with van der Waals surface area (Å²) in [4.78, 5) is 31.1. The number of fused-ring (bicyclic) bond motifs is 1. The molecule has 20 heavy (non-hydrogen) atoms. The van der Waals surface area contributed by atoms with Crippen LogP contribution in [0.15, 0.2) is 30.6 Å². The van der Waals surface area contributed by atoms with Crippen molar-refractivity contribution in [3.05, 3.63) is 36.2 Å². The van der Waals surface area contributed by atoms with Crippen LogP contribution in [-0.4, -0.2) is 33.5 Å². The van der Waals surface area contributed by atoms with Crippen molar-refractivity contribution >= 4 is 22.9 Å². The standard InChI is InChI=1S/C14H15N3O3/c1-2-9(14(19)20)8-17-13(18)10-3-4-11-12(7-10)16-6-5-15-11/h3-7,9H,2,8H2,1H3,(H,17,18)(H,19,20). The molecule has 0 aliphatic carbocycles. The van der Waals surface area contributed by atoms with Gasteiger partial charge in [-0.05, 0) is 24.6 Å². The van der Waals surface area contributed by atoms with Crippen LogP contribution in [0, 0.1) is 5.92 Å². The molecule has 0 aliphatic heterocycles. The Labute approximate surface area is 115 Å². The van der Waals surface area contributed by atoms with Gasteiger partial charge in [0.1, 0.15) is 0 Å². The predicted molar refractivity (Wildman–Crippen MR) is 73.3 cm³/mol. The van der Waals surface area contributed by atoms with Crippen LogP contribution < -0.4 is 5.32 Å². The van der Waals surface area contributed by atoms with Gasteiger partial charge in [0.25, 0.3) is 5.91 Å². The van der Waals surface area contributed by atoms with Gasteiger partial charge in [0.2, 0.25) is 0 Å². The third-order valence-electron chi connectivity index (χ3n) is 3.08. The van der Waals surface area contributed by atoms with E-state index in [4.69, 9.17) is 5.11 Å². The molecule has 6 heteroatoms. The number of carbonyl (C=O) groups is 2. The van der Waals surface area contributed by atoms with Crippen LogP contribution in [0.25, 0.3) is 11.0 Å². The van der Waals surface area contributed by atoms with E-state index in [0.29, 0.717) is 23.0 Å². The van der Waals surface area contributed by atoms with Crippen molar-refractivity contribution in [3.8, 4) is 0 Å². The first-order valence-electron chi connectivity index (χ1n) is 6.33. The zero-order chi connectivity index (χ0) is 14.5. The molecule has 0 spiro atoms. The van der Waals surface area contributed by atoms with Gasteiger partial charge in [-0.1, -0.05) is 6.92 Å².